The lowest BCUT2D eigenvalue weighted by atomic mass is 10.2. The number of amides is 1. The number of carbonyl (C=O) groups excluding carboxylic acids is 1. The predicted molar refractivity (Wildman–Crippen MR) is 106 cm³/mol. The van der Waals surface area contributed by atoms with Crippen LogP contribution in [0.15, 0.2) is 42.6 Å². The summed E-state index contributed by atoms with van der Waals surface area (Å²) in [6.07, 6.45) is 4.31. The van der Waals surface area contributed by atoms with Gasteiger partial charge in [-0.05, 0) is 43.2 Å². The largest absolute Gasteiger partial charge is 0.350 e. The Labute approximate surface area is 157 Å². The molecule has 0 saturated carbocycles. The first-order valence-electron chi connectivity index (χ1n) is 9.35. The van der Waals surface area contributed by atoms with E-state index in [-0.39, 0.29) is 5.91 Å². The third kappa shape index (κ3) is 3.43. The Morgan fingerprint density at radius 2 is 2.04 bits per heavy atom. The number of benzene rings is 1. The van der Waals surface area contributed by atoms with Crippen molar-refractivity contribution in [1.29, 1.82) is 0 Å². The Balaban J connectivity index is 1.51. The van der Waals surface area contributed by atoms with Gasteiger partial charge in [0.2, 0.25) is 0 Å². The molecule has 0 bridgehead atoms. The molecule has 0 fully saturated rings. The summed E-state index contributed by atoms with van der Waals surface area (Å²) < 4.78 is 1.88. The third-order valence-corrected chi connectivity index (χ3v) is 4.64. The van der Waals surface area contributed by atoms with Crippen LogP contribution in [0.5, 0.6) is 0 Å². The topological polar surface area (TPSA) is 75.1 Å². The number of H-pyrrole nitrogens is 1. The first-order chi connectivity index (χ1) is 13.2. The molecule has 1 amide bonds. The second-order valence-electron chi connectivity index (χ2n) is 6.80. The van der Waals surface area contributed by atoms with Crippen molar-refractivity contribution in [2.45, 2.75) is 33.1 Å². The van der Waals surface area contributed by atoms with Crippen molar-refractivity contribution in [3.05, 3.63) is 65.4 Å². The number of aryl methyl sites for hydroxylation is 2. The number of rotatable bonds is 6. The summed E-state index contributed by atoms with van der Waals surface area (Å²) in [5, 5.41) is 3.02. The monoisotopic (exact) mass is 361 g/mol. The Kier molecular flexibility index (Phi) is 4.62. The Bertz CT molecular complexity index is 1080. The van der Waals surface area contributed by atoms with Gasteiger partial charge in [-0.2, -0.15) is 0 Å². The molecule has 0 aliphatic heterocycles. The lowest BCUT2D eigenvalue weighted by Crippen LogP contribution is -2.28. The van der Waals surface area contributed by atoms with Crippen LogP contribution in [0.25, 0.3) is 16.7 Å². The van der Waals surface area contributed by atoms with E-state index in [1.54, 1.807) is 0 Å². The Morgan fingerprint density at radius 3 is 2.85 bits per heavy atom. The molecular weight excluding hydrogens is 338 g/mol. The van der Waals surface area contributed by atoms with E-state index in [9.17, 15) is 4.79 Å². The van der Waals surface area contributed by atoms with E-state index >= 15 is 0 Å². The number of para-hydroxylation sites is 2. The highest BCUT2D eigenvalue weighted by Gasteiger charge is 2.18. The van der Waals surface area contributed by atoms with Crippen LogP contribution in [0.4, 0.5) is 0 Å². The minimum Gasteiger partial charge on any atom is -0.350 e. The molecule has 6 heteroatoms. The molecule has 27 heavy (non-hydrogen) atoms. The molecular formula is C21H23N5O. The van der Waals surface area contributed by atoms with Gasteiger partial charge in [0.05, 0.1) is 16.7 Å². The fourth-order valence-electron chi connectivity index (χ4n) is 3.35. The van der Waals surface area contributed by atoms with Crippen molar-refractivity contribution in [2.75, 3.05) is 6.54 Å². The molecule has 0 aliphatic carbocycles. The second kappa shape index (κ2) is 7.23. The van der Waals surface area contributed by atoms with Gasteiger partial charge in [0.25, 0.3) is 5.91 Å². The number of hydrogen-bond donors (Lipinski definition) is 2. The highest BCUT2D eigenvalue weighted by atomic mass is 16.1. The first-order valence-corrected chi connectivity index (χ1v) is 9.35. The van der Waals surface area contributed by atoms with Gasteiger partial charge in [-0.15, -0.1) is 0 Å². The summed E-state index contributed by atoms with van der Waals surface area (Å²) in [4.78, 5) is 25.4. The van der Waals surface area contributed by atoms with Gasteiger partial charge >= 0.3 is 0 Å². The molecule has 1 aromatic carbocycles. The summed E-state index contributed by atoms with van der Waals surface area (Å²) in [7, 11) is 0. The molecule has 6 nitrogen and oxygen atoms in total. The van der Waals surface area contributed by atoms with Gasteiger partial charge in [0.1, 0.15) is 17.2 Å². The molecule has 3 aromatic heterocycles. The molecule has 4 aromatic rings. The van der Waals surface area contributed by atoms with Crippen molar-refractivity contribution in [3.8, 4) is 0 Å². The molecule has 2 N–H and O–H groups in total. The smallest absolute Gasteiger partial charge is 0.270 e. The number of nitrogens with one attached hydrogen (secondary N) is 2. The van der Waals surface area contributed by atoms with Crippen LogP contribution in [0.3, 0.4) is 0 Å². The number of hydrogen-bond acceptors (Lipinski definition) is 3. The fraction of sp³-hybridized carbons (Fsp3) is 0.286. The summed E-state index contributed by atoms with van der Waals surface area (Å²) in [5.74, 6) is 0.782. The summed E-state index contributed by atoms with van der Waals surface area (Å²) in [6, 6.07) is 11.9. The maximum Gasteiger partial charge on any atom is 0.270 e. The molecule has 3 heterocycles. The van der Waals surface area contributed by atoms with Crippen LogP contribution in [-0.4, -0.2) is 31.8 Å². The maximum absolute atomic E-state index is 12.9. The minimum atomic E-state index is -0.0917. The van der Waals surface area contributed by atoms with E-state index < -0.39 is 0 Å². The average Bonchev–Trinajstić information content (AvgIpc) is 3.21. The van der Waals surface area contributed by atoms with Crippen molar-refractivity contribution < 1.29 is 4.79 Å². The standard InChI is InChI=1S/C21H23N5O/c1-3-6-17-20(26-12-10-14(2)13-19(26)25-17)21(27)22-11-9-18-23-15-7-4-5-8-16(15)24-18/h4-5,7-8,10,12-13H,3,6,9,11H2,1-2H3,(H,22,27)(H,23,24). The number of nitrogens with zero attached hydrogens (tertiary/aromatic N) is 3. The van der Waals surface area contributed by atoms with Crippen LogP contribution in [0, 0.1) is 6.92 Å². The first kappa shape index (κ1) is 17.3. The van der Waals surface area contributed by atoms with Crippen LogP contribution in [0.1, 0.15) is 40.9 Å². The number of aromatic nitrogens is 4. The number of imidazole rings is 2. The van der Waals surface area contributed by atoms with E-state index in [0.29, 0.717) is 18.7 Å². The molecule has 0 spiro atoms. The maximum atomic E-state index is 12.9. The van der Waals surface area contributed by atoms with Crippen molar-refractivity contribution in [3.63, 3.8) is 0 Å². The van der Waals surface area contributed by atoms with E-state index in [1.807, 2.05) is 53.9 Å². The summed E-state index contributed by atoms with van der Waals surface area (Å²) in [5.41, 5.74) is 5.40. The highest BCUT2D eigenvalue weighted by molar-refractivity contribution is 5.94. The zero-order valence-corrected chi connectivity index (χ0v) is 15.6. The number of aromatic amines is 1. The Hall–Kier alpha value is -3.15. The summed E-state index contributed by atoms with van der Waals surface area (Å²) in [6.45, 7) is 4.64. The lowest BCUT2D eigenvalue weighted by Gasteiger charge is -2.06. The molecule has 0 aliphatic rings. The van der Waals surface area contributed by atoms with Crippen molar-refractivity contribution in [1.82, 2.24) is 24.7 Å². The molecule has 0 radical (unpaired) electrons. The zero-order chi connectivity index (χ0) is 18.8. The van der Waals surface area contributed by atoms with Crippen LogP contribution >= 0.6 is 0 Å². The number of carbonyl (C=O) groups is 1. The van der Waals surface area contributed by atoms with Gasteiger partial charge in [-0.25, -0.2) is 9.97 Å². The van der Waals surface area contributed by atoms with Gasteiger partial charge in [-0.1, -0.05) is 25.5 Å². The van der Waals surface area contributed by atoms with Crippen LogP contribution < -0.4 is 5.32 Å². The minimum absolute atomic E-state index is 0.0917. The SMILES string of the molecule is CCCc1nc2cc(C)ccn2c1C(=O)NCCc1nc2ccccc2[nH]1. The quantitative estimate of drug-likeness (QED) is 0.552. The Morgan fingerprint density at radius 1 is 1.19 bits per heavy atom. The van der Waals surface area contributed by atoms with Gasteiger partial charge in [-0.3, -0.25) is 9.20 Å². The van der Waals surface area contributed by atoms with E-state index in [2.05, 4.69) is 27.2 Å². The van der Waals surface area contributed by atoms with Gasteiger partial charge in [0.15, 0.2) is 0 Å². The van der Waals surface area contributed by atoms with E-state index in [4.69, 9.17) is 0 Å². The van der Waals surface area contributed by atoms with E-state index in [1.165, 1.54) is 0 Å². The number of pyridine rings is 1. The molecule has 0 atom stereocenters. The zero-order valence-electron chi connectivity index (χ0n) is 15.6. The average molecular weight is 361 g/mol. The highest BCUT2D eigenvalue weighted by Crippen LogP contribution is 2.16. The second-order valence-corrected chi connectivity index (χ2v) is 6.80. The lowest BCUT2D eigenvalue weighted by molar-refractivity contribution is 0.0947. The van der Waals surface area contributed by atoms with Crippen molar-refractivity contribution >= 4 is 22.6 Å². The normalized spacial score (nSPS) is 11.3. The molecule has 138 valence electrons. The van der Waals surface area contributed by atoms with Crippen molar-refractivity contribution in [2.24, 2.45) is 0 Å². The number of fused-ring (bicyclic) bond motifs is 2. The molecule has 4 rings (SSSR count). The van der Waals surface area contributed by atoms with Gasteiger partial charge in [0, 0.05) is 19.2 Å². The van der Waals surface area contributed by atoms with Crippen LogP contribution in [-0.2, 0) is 12.8 Å². The van der Waals surface area contributed by atoms with Crippen LogP contribution in [0.2, 0.25) is 0 Å². The summed E-state index contributed by atoms with van der Waals surface area (Å²) >= 11 is 0. The van der Waals surface area contributed by atoms with E-state index in [0.717, 1.165) is 46.6 Å². The molecule has 0 saturated heterocycles. The fourth-order valence-corrected chi connectivity index (χ4v) is 3.35. The third-order valence-electron chi connectivity index (χ3n) is 4.64. The molecule has 0 unspecified atom stereocenters. The predicted octanol–water partition coefficient (Wildman–Crippen LogP) is 3.44. The van der Waals surface area contributed by atoms with Gasteiger partial charge < -0.3 is 10.3 Å².